The lowest BCUT2D eigenvalue weighted by molar-refractivity contribution is 0.253. The Balaban J connectivity index is 1.79. The van der Waals surface area contributed by atoms with E-state index in [0.717, 1.165) is 24.5 Å². The van der Waals surface area contributed by atoms with Crippen LogP contribution in [0.15, 0.2) is 42.5 Å². The van der Waals surface area contributed by atoms with Crippen LogP contribution in [-0.4, -0.2) is 18.5 Å². The maximum atomic E-state index is 6.32. The predicted molar refractivity (Wildman–Crippen MR) is 90.0 cm³/mol. The molecule has 21 heavy (non-hydrogen) atoms. The number of nitrogens with zero attached hydrogens (tertiary/aromatic N) is 1. The molecule has 0 aromatic heterocycles. The molecular weight excluding hydrogens is 280 g/mol. The summed E-state index contributed by atoms with van der Waals surface area (Å²) in [4.78, 5) is 2.34. The Bertz CT molecular complexity index is 639. The third kappa shape index (κ3) is 2.92. The van der Waals surface area contributed by atoms with E-state index in [2.05, 4.69) is 48.5 Å². The van der Waals surface area contributed by atoms with Crippen molar-refractivity contribution in [2.45, 2.75) is 25.9 Å². The smallest absolute Gasteiger partial charge is 0.0453 e. The highest BCUT2D eigenvalue weighted by atomic mass is 35.5. The van der Waals surface area contributed by atoms with Crippen LogP contribution in [0.1, 0.15) is 29.7 Å². The quantitative estimate of drug-likeness (QED) is 0.894. The van der Waals surface area contributed by atoms with Crippen LogP contribution in [-0.2, 0) is 13.0 Å². The molecular formula is C18H21ClN2. The maximum Gasteiger partial charge on any atom is 0.0453 e. The van der Waals surface area contributed by atoms with Crippen LogP contribution >= 0.6 is 11.6 Å². The van der Waals surface area contributed by atoms with Crippen LogP contribution < -0.4 is 5.32 Å². The van der Waals surface area contributed by atoms with Crippen LogP contribution in [0.2, 0.25) is 5.02 Å². The van der Waals surface area contributed by atoms with Gasteiger partial charge in [0, 0.05) is 29.8 Å². The monoisotopic (exact) mass is 300 g/mol. The minimum absolute atomic E-state index is 0.288. The first-order valence-electron chi connectivity index (χ1n) is 7.46. The summed E-state index contributed by atoms with van der Waals surface area (Å²) < 4.78 is 0. The second-order valence-electron chi connectivity index (χ2n) is 5.74. The first kappa shape index (κ1) is 14.4. The Morgan fingerprint density at radius 2 is 2.00 bits per heavy atom. The van der Waals surface area contributed by atoms with Gasteiger partial charge in [0.2, 0.25) is 0 Å². The molecule has 0 amide bonds. The van der Waals surface area contributed by atoms with Gasteiger partial charge < -0.3 is 5.32 Å². The third-order valence-corrected chi connectivity index (χ3v) is 4.71. The number of fused-ring (bicyclic) bond motifs is 1. The van der Waals surface area contributed by atoms with Crippen molar-refractivity contribution >= 4 is 17.3 Å². The molecule has 1 aliphatic heterocycles. The van der Waals surface area contributed by atoms with Crippen LogP contribution in [0, 0.1) is 0 Å². The molecule has 0 radical (unpaired) electrons. The summed E-state index contributed by atoms with van der Waals surface area (Å²) >= 11 is 6.32. The van der Waals surface area contributed by atoms with Crippen molar-refractivity contribution in [3.63, 3.8) is 0 Å². The van der Waals surface area contributed by atoms with Crippen LogP contribution in [0.25, 0.3) is 0 Å². The standard InChI is InChI=1S/C18H21ClN2/c1-13(16-8-3-4-9-17(16)19)21(2)12-15-7-5-6-14-10-11-20-18(14)15/h3-9,13,20H,10-12H2,1-2H3. The number of hydrogen-bond donors (Lipinski definition) is 1. The van der Waals surface area contributed by atoms with Gasteiger partial charge in [0.25, 0.3) is 0 Å². The highest BCUT2D eigenvalue weighted by molar-refractivity contribution is 6.31. The Labute approximate surface area is 131 Å². The van der Waals surface area contributed by atoms with E-state index in [9.17, 15) is 0 Å². The van der Waals surface area contributed by atoms with Gasteiger partial charge in [-0.1, -0.05) is 48.0 Å². The average molecular weight is 301 g/mol. The number of halogens is 1. The van der Waals surface area contributed by atoms with E-state index in [-0.39, 0.29) is 6.04 Å². The normalized spacial score (nSPS) is 14.9. The number of nitrogens with one attached hydrogen (secondary N) is 1. The largest absolute Gasteiger partial charge is 0.384 e. The number of para-hydroxylation sites is 1. The molecule has 0 spiro atoms. The molecule has 0 saturated carbocycles. The molecule has 3 rings (SSSR count). The second-order valence-corrected chi connectivity index (χ2v) is 6.15. The second kappa shape index (κ2) is 6.08. The Morgan fingerprint density at radius 3 is 2.81 bits per heavy atom. The fourth-order valence-electron chi connectivity index (χ4n) is 3.00. The van der Waals surface area contributed by atoms with E-state index in [0.29, 0.717) is 0 Å². The van der Waals surface area contributed by atoms with E-state index in [1.807, 2.05) is 18.2 Å². The molecule has 1 unspecified atom stereocenters. The first-order chi connectivity index (χ1) is 10.2. The van der Waals surface area contributed by atoms with Crippen LogP contribution in [0.4, 0.5) is 5.69 Å². The Morgan fingerprint density at radius 1 is 1.19 bits per heavy atom. The minimum Gasteiger partial charge on any atom is -0.384 e. The summed E-state index contributed by atoms with van der Waals surface area (Å²) in [5, 5.41) is 4.35. The highest BCUT2D eigenvalue weighted by Gasteiger charge is 2.18. The van der Waals surface area contributed by atoms with Gasteiger partial charge in [-0.05, 0) is 43.1 Å². The summed E-state index contributed by atoms with van der Waals surface area (Å²) in [5.74, 6) is 0. The molecule has 110 valence electrons. The van der Waals surface area contributed by atoms with Gasteiger partial charge >= 0.3 is 0 Å². The molecule has 2 nitrogen and oxygen atoms in total. The zero-order valence-corrected chi connectivity index (χ0v) is 13.3. The Kier molecular flexibility index (Phi) is 4.18. The summed E-state index contributed by atoms with van der Waals surface area (Å²) in [5.41, 5.74) is 5.32. The first-order valence-corrected chi connectivity index (χ1v) is 7.84. The number of rotatable bonds is 4. The summed E-state index contributed by atoms with van der Waals surface area (Å²) in [6.45, 7) is 4.18. The molecule has 2 aromatic carbocycles. The van der Waals surface area contributed by atoms with Crippen molar-refractivity contribution in [3.05, 3.63) is 64.2 Å². The van der Waals surface area contributed by atoms with Crippen molar-refractivity contribution in [3.8, 4) is 0 Å². The van der Waals surface area contributed by atoms with E-state index in [4.69, 9.17) is 11.6 Å². The highest BCUT2D eigenvalue weighted by Crippen LogP contribution is 2.31. The number of anilines is 1. The summed E-state index contributed by atoms with van der Waals surface area (Å²) in [7, 11) is 2.16. The van der Waals surface area contributed by atoms with Crippen molar-refractivity contribution < 1.29 is 0 Å². The molecule has 1 N–H and O–H groups in total. The Hall–Kier alpha value is -1.51. The number of hydrogen-bond acceptors (Lipinski definition) is 2. The zero-order chi connectivity index (χ0) is 14.8. The predicted octanol–water partition coefficient (Wildman–Crippen LogP) is 4.50. The number of benzene rings is 2. The molecule has 3 heteroatoms. The van der Waals surface area contributed by atoms with E-state index in [1.165, 1.54) is 22.4 Å². The lowest BCUT2D eigenvalue weighted by Crippen LogP contribution is -2.22. The molecule has 1 heterocycles. The molecule has 0 fully saturated rings. The fraction of sp³-hybridized carbons (Fsp3) is 0.333. The van der Waals surface area contributed by atoms with Crippen molar-refractivity contribution in [2.24, 2.45) is 0 Å². The lowest BCUT2D eigenvalue weighted by Gasteiger charge is -2.26. The van der Waals surface area contributed by atoms with Gasteiger partial charge in [0.15, 0.2) is 0 Å². The SMILES string of the molecule is CC(c1ccccc1Cl)N(C)Cc1cccc2c1NCC2. The van der Waals surface area contributed by atoms with Crippen molar-refractivity contribution in [2.75, 3.05) is 18.9 Å². The molecule has 0 bridgehead atoms. The van der Waals surface area contributed by atoms with Crippen LogP contribution in [0.3, 0.4) is 0 Å². The summed E-state index contributed by atoms with van der Waals surface area (Å²) in [6.07, 6.45) is 1.13. The molecule has 1 aliphatic rings. The minimum atomic E-state index is 0.288. The van der Waals surface area contributed by atoms with E-state index in [1.54, 1.807) is 0 Å². The van der Waals surface area contributed by atoms with Crippen LogP contribution in [0.5, 0.6) is 0 Å². The van der Waals surface area contributed by atoms with E-state index < -0.39 is 0 Å². The maximum absolute atomic E-state index is 6.32. The topological polar surface area (TPSA) is 15.3 Å². The van der Waals surface area contributed by atoms with Crippen molar-refractivity contribution in [1.29, 1.82) is 0 Å². The summed E-state index contributed by atoms with van der Waals surface area (Å²) in [6, 6.07) is 15.0. The third-order valence-electron chi connectivity index (χ3n) is 4.37. The van der Waals surface area contributed by atoms with Gasteiger partial charge in [0.1, 0.15) is 0 Å². The van der Waals surface area contributed by atoms with E-state index >= 15 is 0 Å². The zero-order valence-electron chi connectivity index (χ0n) is 12.6. The van der Waals surface area contributed by atoms with Gasteiger partial charge in [-0.2, -0.15) is 0 Å². The van der Waals surface area contributed by atoms with Gasteiger partial charge in [-0.3, -0.25) is 4.90 Å². The average Bonchev–Trinajstić information content (AvgIpc) is 2.96. The molecule has 2 aromatic rings. The van der Waals surface area contributed by atoms with Gasteiger partial charge in [-0.25, -0.2) is 0 Å². The molecule has 0 aliphatic carbocycles. The van der Waals surface area contributed by atoms with Crippen molar-refractivity contribution in [1.82, 2.24) is 4.90 Å². The lowest BCUT2D eigenvalue weighted by atomic mass is 10.0. The molecule has 1 atom stereocenters. The molecule has 0 saturated heterocycles. The van der Waals surface area contributed by atoms with Gasteiger partial charge in [0.05, 0.1) is 0 Å². The fourth-order valence-corrected chi connectivity index (χ4v) is 3.29. The van der Waals surface area contributed by atoms with Gasteiger partial charge in [-0.15, -0.1) is 0 Å².